The van der Waals surface area contributed by atoms with E-state index in [9.17, 15) is 5.21 Å². The fourth-order valence-corrected chi connectivity index (χ4v) is 1.54. The zero-order valence-electron chi connectivity index (χ0n) is 12.1. The minimum atomic E-state index is -0.305. The van der Waals surface area contributed by atoms with E-state index >= 15 is 0 Å². The molecule has 1 atom stereocenters. The molecule has 0 aliphatic heterocycles. The Morgan fingerprint density at radius 2 is 1.95 bits per heavy atom. The van der Waals surface area contributed by atoms with Crippen molar-refractivity contribution in [3.05, 3.63) is 35.4 Å². The van der Waals surface area contributed by atoms with Crippen LogP contribution in [-0.4, -0.2) is 28.2 Å². The third-order valence-electron chi connectivity index (χ3n) is 2.91. The van der Waals surface area contributed by atoms with Crippen molar-refractivity contribution in [2.75, 3.05) is 6.54 Å². The first-order chi connectivity index (χ1) is 8.84. The van der Waals surface area contributed by atoms with E-state index in [2.05, 4.69) is 18.2 Å². The lowest BCUT2D eigenvalue weighted by Gasteiger charge is -2.12. The number of hydrogen-bond acceptors (Lipinski definition) is 2. The summed E-state index contributed by atoms with van der Waals surface area (Å²) in [4.78, 5) is 0. The third-order valence-corrected chi connectivity index (χ3v) is 2.91. The van der Waals surface area contributed by atoms with E-state index in [1.807, 2.05) is 45.0 Å². The molecule has 19 heavy (non-hydrogen) atoms. The fraction of sp³-hybridized carbons (Fsp3) is 0.438. The highest BCUT2D eigenvalue weighted by atomic mass is 16.5. The maximum Gasteiger partial charge on any atom is 0.223 e. The van der Waals surface area contributed by atoms with Crippen LogP contribution in [0.1, 0.15) is 44.9 Å². The van der Waals surface area contributed by atoms with E-state index < -0.39 is 0 Å². The zero-order chi connectivity index (χ0) is 14.5. The second-order valence-electron chi connectivity index (χ2n) is 5.62. The Hall–Kier alpha value is -1.79. The maximum absolute atomic E-state index is 9.88. The molecular formula is C16H23N2O+. The number of nitrogens with one attached hydrogen (secondary N) is 1. The molecule has 102 valence electrons. The zero-order valence-corrected chi connectivity index (χ0v) is 12.1. The summed E-state index contributed by atoms with van der Waals surface area (Å²) in [6.45, 7) is 8.48. The highest BCUT2D eigenvalue weighted by Gasteiger charge is 2.23. The molecule has 2 N–H and O–H groups in total. The highest BCUT2D eigenvalue weighted by Crippen LogP contribution is 2.13. The molecule has 0 heterocycles. The van der Waals surface area contributed by atoms with Gasteiger partial charge in [0.05, 0.1) is 6.54 Å². The second-order valence-corrected chi connectivity index (χ2v) is 5.62. The van der Waals surface area contributed by atoms with Crippen LogP contribution in [0, 0.1) is 12.3 Å². The average Bonchev–Trinajstić information content (AvgIpc) is 2.35. The standard InChI is InChI=1S/C16H23N2O/c1-6-11-17-13(2)15-9-7-14(8-10-15)12-18(19)16(3,4)5/h1,7-10,12-13,17,19H,11H2,2-5H3/q+1/b18-12-. The molecule has 0 aliphatic carbocycles. The molecule has 3 nitrogen and oxygen atoms in total. The van der Waals surface area contributed by atoms with Crippen molar-refractivity contribution in [2.24, 2.45) is 0 Å². The first-order valence-electron chi connectivity index (χ1n) is 6.44. The van der Waals surface area contributed by atoms with Crippen molar-refractivity contribution < 1.29 is 9.95 Å². The van der Waals surface area contributed by atoms with Crippen LogP contribution in [0.3, 0.4) is 0 Å². The van der Waals surface area contributed by atoms with Gasteiger partial charge in [0.1, 0.15) is 0 Å². The number of hydrogen-bond donors (Lipinski definition) is 2. The van der Waals surface area contributed by atoms with E-state index in [1.54, 1.807) is 6.21 Å². The first-order valence-corrected chi connectivity index (χ1v) is 6.44. The predicted molar refractivity (Wildman–Crippen MR) is 78.7 cm³/mol. The van der Waals surface area contributed by atoms with Crippen LogP contribution in [0.4, 0.5) is 0 Å². The van der Waals surface area contributed by atoms with Gasteiger partial charge in [0, 0.05) is 32.4 Å². The molecule has 0 aliphatic rings. The molecule has 0 fully saturated rings. The fourth-order valence-electron chi connectivity index (χ4n) is 1.54. The summed E-state index contributed by atoms with van der Waals surface area (Å²) in [5.74, 6) is 2.57. The van der Waals surface area contributed by atoms with Gasteiger partial charge in [-0.05, 0) is 29.4 Å². The summed E-state index contributed by atoms with van der Waals surface area (Å²) < 4.78 is 1.22. The Labute approximate surface area is 115 Å². The van der Waals surface area contributed by atoms with Crippen LogP contribution in [0.5, 0.6) is 0 Å². The van der Waals surface area contributed by atoms with Crippen LogP contribution in [0.15, 0.2) is 24.3 Å². The molecule has 3 heteroatoms. The molecule has 0 saturated carbocycles. The molecule has 0 spiro atoms. The smallest absolute Gasteiger partial charge is 0.223 e. The molecule has 0 amide bonds. The Bertz CT molecular complexity index is 475. The highest BCUT2D eigenvalue weighted by molar-refractivity contribution is 5.75. The van der Waals surface area contributed by atoms with Crippen molar-refractivity contribution in [3.8, 4) is 12.3 Å². The average molecular weight is 259 g/mol. The first kappa shape index (κ1) is 15.3. The lowest BCUT2D eigenvalue weighted by molar-refractivity contribution is -0.816. The van der Waals surface area contributed by atoms with Crippen molar-refractivity contribution in [1.29, 1.82) is 0 Å². The van der Waals surface area contributed by atoms with E-state index in [4.69, 9.17) is 6.42 Å². The lowest BCUT2D eigenvalue weighted by atomic mass is 10.1. The van der Waals surface area contributed by atoms with E-state index in [1.165, 1.54) is 10.3 Å². The van der Waals surface area contributed by atoms with Gasteiger partial charge in [-0.25, -0.2) is 0 Å². The van der Waals surface area contributed by atoms with Gasteiger partial charge >= 0.3 is 0 Å². The molecule has 1 aromatic rings. The summed E-state index contributed by atoms with van der Waals surface area (Å²) >= 11 is 0. The Morgan fingerprint density at radius 3 is 2.42 bits per heavy atom. The largest absolute Gasteiger partial charge is 0.300 e. The number of terminal acetylenes is 1. The van der Waals surface area contributed by atoms with Gasteiger partial charge in [0.15, 0.2) is 0 Å². The molecule has 0 aromatic heterocycles. The van der Waals surface area contributed by atoms with Gasteiger partial charge in [0.25, 0.3) is 0 Å². The van der Waals surface area contributed by atoms with Crippen LogP contribution < -0.4 is 5.32 Å². The van der Waals surface area contributed by atoms with Crippen LogP contribution >= 0.6 is 0 Å². The minimum absolute atomic E-state index is 0.220. The number of hydroxylamine groups is 1. The van der Waals surface area contributed by atoms with Gasteiger partial charge in [-0.15, -0.1) is 6.42 Å². The maximum atomic E-state index is 9.88. The molecule has 0 saturated heterocycles. The van der Waals surface area contributed by atoms with E-state index in [0.717, 1.165) is 5.56 Å². The lowest BCUT2D eigenvalue weighted by Crippen LogP contribution is -2.31. The molecular weight excluding hydrogens is 236 g/mol. The summed E-state index contributed by atoms with van der Waals surface area (Å²) in [6.07, 6.45) is 6.95. The van der Waals surface area contributed by atoms with E-state index in [0.29, 0.717) is 6.54 Å². The summed E-state index contributed by atoms with van der Waals surface area (Å²) in [5.41, 5.74) is 1.83. The quantitative estimate of drug-likeness (QED) is 0.287. The van der Waals surface area contributed by atoms with Crippen molar-refractivity contribution in [3.63, 3.8) is 0 Å². The van der Waals surface area contributed by atoms with Crippen molar-refractivity contribution >= 4 is 6.21 Å². The summed E-state index contributed by atoms with van der Waals surface area (Å²) in [7, 11) is 0. The van der Waals surface area contributed by atoms with Gasteiger partial charge in [-0.1, -0.05) is 18.1 Å². The number of nitrogens with zero attached hydrogens (tertiary/aromatic N) is 1. The van der Waals surface area contributed by atoms with Crippen LogP contribution in [-0.2, 0) is 0 Å². The van der Waals surface area contributed by atoms with Gasteiger partial charge in [-0.2, -0.15) is 0 Å². The molecule has 1 aromatic carbocycles. The Balaban J connectivity index is 2.80. The normalized spacial score (nSPS) is 13.9. The van der Waals surface area contributed by atoms with Crippen LogP contribution in [0.2, 0.25) is 0 Å². The van der Waals surface area contributed by atoms with Gasteiger partial charge in [0.2, 0.25) is 11.8 Å². The van der Waals surface area contributed by atoms with Crippen molar-refractivity contribution in [1.82, 2.24) is 5.32 Å². The number of benzene rings is 1. The topological polar surface area (TPSA) is 35.3 Å². The molecule has 0 radical (unpaired) electrons. The predicted octanol–water partition coefficient (Wildman–Crippen LogP) is 2.59. The summed E-state index contributed by atoms with van der Waals surface area (Å²) in [6, 6.07) is 8.27. The Morgan fingerprint density at radius 1 is 1.37 bits per heavy atom. The monoisotopic (exact) mass is 259 g/mol. The third kappa shape index (κ3) is 4.76. The molecule has 0 bridgehead atoms. The Kier molecular flexibility index (Phi) is 5.14. The minimum Gasteiger partial charge on any atom is -0.300 e. The second kappa shape index (κ2) is 6.40. The SMILES string of the molecule is C#CCNC(C)c1ccc(/C=[N+](\O)C(C)(C)C)cc1. The number of rotatable bonds is 4. The van der Waals surface area contributed by atoms with Gasteiger partial charge in [-0.3, -0.25) is 10.5 Å². The van der Waals surface area contributed by atoms with E-state index in [-0.39, 0.29) is 11.6 Å². The van der Waals surface area contributed by atoms with Crippen molar-refractivity contribution in [2.45, 2.75) is 39.3 Å². The summed E-state index contributed by atoms with van der Waals surface area (Å²) in [5, 5.41) is 13.1. The molecule has 1 rings (SSSR count). The van der Waals surface area contributed by atoms with Crippen LogP contribution in [0.25, 0.3) is 0 Å². The molecule has 1 unspecified atom stereocenters. The van der Waals surface area contributed by atoms with Gasteiger partial charge < -0.3 is 0 Å².